The molecule has 198 valence electrons. The van der Waals surface area contributed by atoms with Crippen LogP contribution in [0.4, 0.5) is 11.4 Å². The Bertz CT molecular complexity index is 1540. The van der Waals surface area contributed by atoms with Gasteiger partial charge in [0.05, 0.1) is 38.4 Å². The van der Waals surface area contributed by atoms with Crippen LogP contribution in [-0.2, 0) is 17.3 Å². The van der Waals surface area contributed by atoms with Crippen molar-refractivity contribution in [3.63, 3.8) is 0 Å². The molecule has 1 atom stereocenters. The first-order chi connectivity index (χ1) is 19.0. The van der Waals surface area contributed by atoms with Gasteiger partial charge < -0.3 is 15.1 Å². The standard InChI is InChI=1S/C31H28ClN3O3S/c1-2-34(25-11-4-3-5-12-25)18-17-33-30(36)23-15-16-29-27(20-23)35(21-22-9-8-10-24(32)19-22)31(37)26-13-6-7-14-28(26)39(29)38/h3-16,19-20H,2,17-18,21H2,1H3,(H,33,36)/t39-/m1/s1. The molecule has 0 fully saturated rings. The van der Waals surface area contributed by atoms with Gasteiger partial charge in [0, 0.05) is 35.9 Å². The molecule has 1 aliphatic heterocycles. The monoisotopic (exact) mass is 557 g/mol. The molecule has 0 aromatic heterocycles. The Morgan fingerprint density at radius 2 is 1.69 bits per heavy atom. The predicted molar refractivity (Wildman–Crippen MR) is 156 cm³/mol. The number of anilines is 2. The molecular formula is C31H28ClN3O3S. The van der Waals surface area contributed by atoms with E-state index in [0.717, 1.165) is 17.8 Å². The maximum Gasteiger partial charge on any atom is 0.259 e. The summed E-state index contributed by atoms with van der Waals surface area (Å²) in [5.41, 5.74) is 3.13. The van der Waals surface area contributed by atoms with Gasteiger partial charge in [0.2, 0.25) is 0 Å². The van der Waals surface area contributed by atoms with E-state index < -0.39 is 10.8 Å². The molecule has 4 aromatic rings. The highest BCUT2D eigenvalue weighted by Crippen LogP contribution is 2.36. The number of hydrogen-bond acceptors (Lipinski definition) is 4. The third kappa shape index (κ3) is 5.75. The Morgan fingerprint density at radius 3 is 2.46 bits per heavy atom. The van der Waals surface area contributed by atoms with Gasteiger partial charge in [0.15, 0.2) is 0 Å². The second-order valence-corrected chi connectivity index (χ2v) is 11.0. The average Bonchev–Trinajstić information content (AvgIpc) is 3.05. The second-order valence-electron chi connectivity index (χ2n) is 9.14. The molecule has 2 amide bonds. The molecule has 4 aromatic carbocycles. The van der Waals surface area contributed by atoms with E-state index in [9.17, 15) is 13.8 Å². The molecule has 5 rings (SSSR count). The van der Waals surface area contributed by atoms with Crippen LogP contribution in [0.2, 0.25) is 5.02 Å². The zero-order chi connectivity index (χ0) is 27.4. The van der Waals surface area contributed by atoms with Crippen LogP contribution in [0.15, 0.2) is 107 Å². The number of carbonyl (C=O) groups excluding carboxylic acids is 2. The minimum absolute atomic E-state index is 0.214. The molecule has 8 heteroatoms. The summed E-state index contributed by atoms with van der Waals surface area (Å²) in [6.07, 6.45) is 0. The molecule has 1 heterocycles. The summed E-state index contributed by atoms with van der Waals surface area (Å²) < 4.78 is 13.6. The van der Waals surface area contributed by atoms with E-state index in [1.54, 1.807) is 59.5 Å². The highest BCUT2D eigenvalue weighted by atomic mass is 35.5. The topological polar surface area (TPSA) is 69.7 Å². The molecule has 0 unspecified atom stereocenters. The summed E-state index contributed by atoms with van der Waals surface area (Å²) in [5, 5.41) is 3.55. The lowest BCUT2D eigenvalue weighted by atomic mass is 10.1. The van der Waals surface area contributed by atoms with Crippen LogP contribution in [0.25, 0.3) is 0 Å². The number of rotatable bonds is 8. The van der Waals surface area contributed by atoms with Crippen molar-refractivity contribution in [1.29, 1.82) is 0 Å². The van der Waals surface area contributed by atoms with Crippen LogP contribution >= 0.6 is 11.6 Å². The molecule has 6 nitrogen and oxygen atoms in total. The number of benzene rings is 4. The van der Waals surface area contributed by atoms with Crippen molar-refractivity contribution in [2.45, 2.75) is 23.3 Å². The van der Waals surface area contributed by atoms with E-state index in [4.69, 9.17) is 11.6 Å². The van der Waals surface area contributed by atoms with Crippen molar-refractivity contribution in [3.05, 3.63) is 119 Å². The molecule has 0 radical (unpaired) electrons. The van der Waals surface area contributed by atoms with Crippen LogP contribution < -0.4 is 15.1 Å². The van der Waals surface area contributed by atoms with Crippen molar-refractivity contribution in [2.75, 3.05) is 29.4 Å². The van der Waals surface area contributed by atoms with Gasteiger partial charge in [-0.25, -0.2) is 4.21 Å². The van der Waals surface area contributed by atoms with Crippen LogP contribution in [0.3, 0.4) is 0 Å². The summed E-state index contributed by atoms with van der Waals surface area (Å²) >= 11 is 6.21. The van der Waals surface area contributed by atoms with Crippen LogP contribution in [0.1, 0.15) is 33.2 Å². The van der Waals surface area contributed by atoms with E-state index in [-0.39, 0.29) is 18.4 Å². The third-order valence-electron chi connectivity index (χ3n) is 6.67. The zero-order valence-corrected chi connectivity index (χ0v) is 23.0. The van der Waals surface area contributed by atoms with E-state index >= 15 is 0 Å². The third-order valence-corrected chi connectivity index (χ3v) is 8.41. The van der Waals surface area contributed by atoms with Gasteiger partial charge in [-0.05, 0) is 67.1 Å². The molecule has 1 aliphatic rings. The largest absolute Gasteiger partial charge is 0.370 e. The molecule has 0 saturated heterocycles. The smallest absolute Gasteiger partial charge is 0.259 e. The summed E-state index contributed by atoms with van der Waals surface area (Å²) in [4.78, 5) is 31.7. The molecule has 39 heavy (non-hydrogen) atoms. The lowest BCUT2D eigenvalue weighted by Gasteiger charge is -2.24. The maximum atomic E-state index is 13.8. The average molecular weight is 558 g/mol. The fourth-order valence-electron chi connectivity index (χ4n) is 4.69. The van der Waals surface area contributed by atoms with Gasteiger partial charge in [-0.2, -0.15) is 0 Å². The predicted octanol–water partition coefficient (Wildman–Crippen LogP) is 5.92. The number of nitrogens with one attached hydrogen (secondary N) is 1. The number of carbonyl (C=O) groups is 2. The first kappa shape index (κ1) is 26.7. The Hall–Kier alpha value is -3.94. The Labute approximate surface area is 235 Å². The van der Waals surface area contributed by atoms with E-state index in [2.05, 4.69) is 17.1 Å². The van der Waals surface area contributed by atoms with Crippen LogP contribution in [0, 0.1) is 0 Å². The number of nitrogens with zero attached hydrogens (tertiary/aromatic N) is 2. The molecule has 1 N–H and O–H groups in total. The lowest BCUT2D eigenvalue weighted by Crippen LogP contribution is -2.35. The number of likely N-dealkylation sites (N-methyl/N-ethyl adjacent to an activating group) is 1. The van der Waals surface area contributed by atoms with Crippen LogP contribution in [-0.4, -0.2) is 35.7 Å². The van der Waals surface area contributed by atoms with Crippen molar-refractivity contribution >= 4 is 45.6 Å². The van der Waals surface area contributed by atoms with Crippen molar-refractivity contribution in [3.8, 4) is 0 Å². The fraction of sp³-hybridized carbons (Fsp3) is 0.161. The zero-order valence-electron chi connectivity index (χ0n) is 21.5. The Morgan fingerprint density at radius 1 is 0.923 bits per heavy atom. The van der Waals surface area contributed by atoms with E-state index in [1.165, 1.54) is 0 Å². The normalized spacial score (nSPS) is 14.3. The minimum atomic E-state index is -1.59. The van der Waals surface area contributed by atoms with Gasteiger partial charge in [-0.1, -0.05) is 54.1 Å². The highest BCUT2D eigenvalue weighted by Gasteiger charge is 2.31. The molecular weight excluding hydrogens is 530 g/mol. The molecule has 0 aliphatic carbocycles. The first-order valence-corrected chi connectivity index (χ1v) is 14.3. The van der Waals surface area contributed by atoms with Crippen molar-refractivity contribution in [1.82, 2.24) is 5.32 Å². The number of para-hydroxylation sites is 1. The fourth-order valence-corrected chi connectivity index (χ4v) is 6.25. The number of hydrogen-bond donors (Lipinski definition) is 1. The molecule has 0 saturated carbocycles. The summed E-state index contributed by atoms with van der Waals surface area (Å²) in [6, 6.07) is 29.3. The SMILES string of the molecule is CCN(CCNC(=O)c1ccc2c(c1)N(Cc1cccc(Cl)c1)C(=O)c1ccccc1[S@]2=O)c1ccccc1. The number of fused-ring (bicyclic) bond motifs is 2. The summed E-state index contributed by atoms with van der Waals surface area (Å²) in [6.45, 7) is 4.19. The minimum Gasteiger partial charge on any atom is -0.370 e. The first-order valence-electron chi connectivity index (χ1n) is 12.8. The summed E-state index contributed by atoms with van der Waals surface area (Å²) in [5.74, 6) is -0.540. The van der Waals surface area contributed by atoms with E-state index in [1.807, 2.05) is 42.5 Å². The van der Waals surface area contributed by atoms with Crippen molar-refractivity contribution in [2.24, 2.45) is 0 Å². The lowest BCUT2D eigenvalue weighted by molar-refractivity contribution is 0.0950. The van der Waals surface area contributed by atoms with Crippen molar-refractivity contribution < 1.29 is 13.8 Å². The van der Waals surface area contributed by atoms with Gasteiger partial charge >= 0.3 is 0 Å². The van der Waals surface area contributed by atoms with Gasteiger partial charge in [-0.15, -0.1) is 0 Å². The maximum absolute atomic E-state index is 13.8. The molecule has 0 bridgehead atoms. The molecule has 0 spiro atoms. The number of halogens is 1. The van der Waals surface area contributed by atoms with Gasteiger partial charge in [0.25, 0.3) is 11.8 Å². The second kappa shape index (κ2) is 11.8. The highest BCUT2D eigenvalue weighted by molar-refractivity contribution is 7.85. The number of amides is 2. The van der Waals surface area contributed by atoms with Gasteiger partial charge in [-0.3, -0.25) is 9.59 Å². The van der Waals surface area contributed by atoms with Gasteiger partial charge in [0.1, 0.15) is 0 Å². The van der Waals surface area contributed by atoms with E-state index in [0.29, 0.717) is 44.7 Å². The quantitative estimate of drug-likeness (QED) is 0.292. The summed E-state index contributed by atoms with van der Waals surface area (Å²) in [7, 11) is -1.59. The Kier molecular flexibility index (Phi) is 8.10. The van der Waals surface area contributed by atoms with Crippen LogP contribution in [0.5, 0.6) is 0 Å². The Balaban J connectivity index is 1.43.